The average molecular weight is 295 g/mol. The van der Waals surface area contributed by atoms with E-state index >= 15 is 0 Å². The third-order valence-electron chi connectivity index (χ3n) is 3.28. The molecule has 0 radical (unpaired) electrons. The van der Waals surface area contributed by atoms with Crippen LogP contribution in [-0.2, 0) is 9.59 Å². The van der Waals surface area contributed by atoms with Crippen molar-refractivity contribution in [3.05, 3.63) is 18.0 Å². The minimum Gasteiger partial charge on any atom is -0.355 e. The maximum absolute atomic E-state index is 11.6. The number of hydrogen-bond acceptors (Lipinski definition) is 4. The first-order valence-electron chi connectivity index (χ1n) is 7.15. The summed E-state index contributed by atoms with van der Waals surface area (Å²) in [6.45, 7) is 8.64. The molecule has 3 N–H and O–H groups in total. The molecule has 1 aromatic heterocycles. The molecule has 1 heterocycles. The van der Waals surface area contributed by atoms with Crippen molar-refractivity contribution in [3.63, 3.8) is 0 Å². The van der Waals surface area contributed by atoms with Gasteiger partial charge in [-0.25, -0.2) is 0 Å². The summed E-state index contributed by atoms with van der Waals surface area (Å²) in [5.74, 6) is -0.185. The predicted octanol–water partition coefficient (Wildman–Crippen LogP) is -0.0171. The average Bonchev–Trinajstić information content (AvgIpc) is 2.86. The van der Waals surface area contributed by atoms with Crippen LogP contribution in [0.5, 0.6) is 0 Å². The molecule has 0 fully saturated rings. The van der Waals surface area contributed by atoms with Crippen molar-refractivity contribution in [2.24, 2.45) is 0 Å². The second-order valence-corrected chi connectivity index (χ2v) is 5.24. The Hall–Kier alpha value is -1.89. The zero-order valence-corrected chi connectivity index (χ0v) is 13.1. The van der Waals surface area contributed by atoms with Gasteiger partial charge in [0.25, 0.3) is 0 Å². The number of carbonyl (C=O) groups is 2. The van der Waals surface area contributed by atoms with Gasteiger partial charge in [0.1, 0.15) is 0 Å². The smallest absolute Gasteiger partial charge is 0.234 e. The Morgan fingerprint density at radius 3 is 2.52 bits per heavy atom. The van der Waals surface area contributed by atoms with Crippen LogP contribution in [0.1, 0.15) is 32.4 Å². The van der Waals surface area contributed by atoms with Gasteiger partial charge in [0.2, 0.25) is 11.8 Å². The molecule has 1 rings (SSSR count). The highest BCUT2D eigenvalue weighted by Crippen LogP contribution is 2.10. The first-order valence-corrected chi connectivity index (χ1v) is 7.15. The van der Waals surface area contributed by atoms with Gasteiger partial charge < -0.3 is 16.0 Å². The minimum absolute atomic E-state index is 0.0870. The second kappa shape index (κ2) is 8.41. The zero-order chi connectivity index (χ0) is 15.8. The molecule has 0 bridgehead atoms. The summed E-state index contributed by atoms with van der Waals surface area (Å²) in [5.41, 5.74) is 1.12. The Labute approximate surface area is 125 Å². The van der Waals surface area contributed by atoms with E-state index in [4.69, 9.17) is 0 Å². The summed E-state index contributed by atoms with van der Waals surface area (Å²) < 4.78 is 1.89. The van der Waals surface area contributed by atoms with Crippen molar-refractivity contribution >= 4 is 11.8 Å². The van der Waals surface area contributed by atoms with Gasteiger partial charge in [0, 0.05) is 32.3 Å². The summed E-state index contributed by atoms with van der Waals surface area (Å²) >= 11 is 0. The fraction of sp³-hybridized carbons (Fsp3) is 0.643. The predicted molar refractivity (Wildman–Crippen MR) is 80.8 cm³/mol. The normalized spacial score (nSPS) is 13.5. The maximum atomic E-state index is 11.6. The number of nitrogens with one attached hydrogen (secondary N) is 3. The van der Waals surface area contributed by atoms with E-state index in [9.17, 15) is 9.59 Å². The number of nitrogens with zero attached hydrogens (tertiary/aromatic N) is 2. The van der Waals surface area contributed by atoms with Crippen LogP contribution in [0.25, 0.3) is 0 Å². The Kier molecular flexibility index (Phi) is 6.87. The Morgan fingerprint density at radius 1 is 1.29 bits per heavy atom. The van der Waals surface area contributed by atoms with E-state index in [1.54, 1.807) is 0 Å². The molecule has 7 nitrogen and oxygen atoms in total. The molecule has 0 aliphatic carbocycles. The molecule has 2 atom stereocenters. The quantitative estimate of drug-likeness (QED) is 0.588. The van der Waals surface area contributed by atoms with Gasteiger partial charge >= 0.3 is 0 Å². The van der Waals surface area contributed by atoms with Gasteiger partial charge in [0.05, 0.1) is 18.8 Å². The lowest BCUT2D eigenvalue weighted by atomic mass is 10.2. The van der Waals surface area contributed by atoms with E-state index in [1.165, 1.54) is 6.92 Å². The molecule has 2 amide bonds. The van der Waals surface area contributed by atoms with Crippen molar-refractivity contribution in [2.45, 2.75) is 39.8 Å². The molecule has 21 heavy (non-hydrogen) atoms. The second-order valence-electron chi connectivity index (χ2n) is 5.24. The first-order chi connectivity index (χ1) is 9.90. The molecule has 0 aromatic carbocycles. The van der Waals surface area contributed by atoms with E-state index in [1.807, 2.05) is 30.9 Å². The number of hydrogen-bond donors (Lipinski definition) is 3. The molecule has 0 saturated carbocycles. The van der Waals surface area contributed by atoms with Gasteiger partial charge in [-0.3, -0.25) is 14.3 Å². The summed E-state index contributed by atoms with van der Waals surface area (Å²) in [4.78, 5) is 22.3. The summed E-state index contributed by atoms with van der Waals surface area (Å²) in [6.07, 6.45) is 3.80. The van der Waals surface area contributed by atoms with Gasteiger partial charge in [-0.2, -0.15) is 5.10 Å². The topological polar surface area (TPSA) is 88.0 Å². The number of aromatic nitrogens is 2. The Balaban J connectivity index is 2.24. The SMILES string of the molecule is CC(=O)NCCNC(=O)CN[C@H](C)[C@H](C)n1cc(C)cn1. The molecular formula is C14H25N5O2. The van der Waals surface area contributed by atoms with Crippen molar-refractivity contribution in [1.82, 2.24) is 25.7 Å². The highest BCUT2D eigenvalue weighted by atomic mass is 16.2. The lowest BCUT2D eigenvalue weighted by Gasteiger charge is -2.21. The van der Waals surface area contributed by atoms with Crippen LogP contribution in [0.3, 0.4) is 0 Å². The standard InChI is InChI=1S/C14H25N5O2/c1-10-7-18-19(9-10)12(3)11(2)17-8-14(21)16-6-5-15-13(4)20/h7,9,11-12,17H,5-6,8H2,1-4H3,(H,15,20)(H,16,21)/t11-,12+/m1/s1. The molecule has 0 unspecified atom stereocenters. The third-order valence-corrected chi connectivity index (χ3v) is 3.28. The van der Waals surface area contributed by atoms with E-state index in [2.05, 4.69) is 28.0 Å². The highest BCUT2D eigenvalue weighted by Gasteiger charge is 2.15. The molecule has 0 spiro atoms. The van der Waals surface area contributed by atoms with Crippen molar-refractivity contribution in [2.75, 3.05) is 19.6 Å². The van der Waals surface area contributed by atoms with E-state index < -0.39 is 0 Å². The molecule has 0 aliphatic heterocycles. The van der Waals surface area contributed by atoms with Crippen molar-refractivity contribution in [3.8, 4) is 0 Å². The number of rotatable bonds is 8. The monoisotopic (exact) mass is 295 g/mol. The van der Waals surface area contributed by atoms with Crippen LogP contribution in [0.4, 0.5) is 0 Å². The van der Waals surface area contributed by atoms with Crippen LogP contribution >= 0.6 is 0 Å². The fourth-order valence-corrected chi connectivity index (χ4v) is 1.81. The summed E-state index contributed by atoms with van der Waals surface area (Å²) in [7, 11) is 0. The van der Waals surface area contributed by atoms with Gasteiger partial charge in [-0.05, 0) is 26.3 Å². The largest absolute Gasteiger partial charge is 0.355 e. The zero-order valence-electron chi connectivity index (χ0n) is 13.1. The maximum Gasteiger partial charge on any atom is 0.234 e. The van der Waals surface area contributed by atoms with E-state index in [0.717, 1.165) is 5.56 Å². The summed E-state index contributed by atoms with van der Waals surface area (Å²) in [6, 6.07) is 0.274. The lowest BCUT2D eigenvalue weighted by molar-refractivity contribution is -0.121. The number of carbonyl (C=O) groups excluding carboxylic acids is 2. The number of amides is 2. The van der Waals surface area contributed by atoms with Crippen LogP contribution in [-0.4, -0.2) is 47.3 Å². The van der Waals surface area contributed by atoms with Crippen LogP contribution in [0.15, 0.2) is 12.4 Å². The van der Waals surface area contributed by atoms with Gasteiger partial charge in [-0.1, -0.05) is 0 Å². The fourth-order valence-electron chi connectivity index (χ4n) is 1.81. The third kappa shape index (κ3) is 6.40. The van der Waals surface area contributed by atoms with E-state index in [0.29, 0.717) is 13.1 Å². The van der Waals surface area contributed by atoms with Crippen molar-refractivity contribution < 1.29 is 9.59 Å². The molecule has 0 aliphatic rings. The van der Waals surface area contributed by atoms with Crippen molar-refractivity contribution in [1.29, 1.82) is 0 Å². The molecule has 0 saturated heterocycles. The minimum atomic E-state index is -0.0978. The van der Waals surface area contributed by atoms with Gasteiger partial charge in [-0.15, -0.1) is 0 Å². The Morgan fingerprint density at radius 2 is 1.95 bits per heavy atom. The molecule has 1 aromatic rings. The highest BCUT2D eigenvalue weighted by molar-refractivity contribution is 5.78. The van der Waals surface area contributed by atoms with Gasteiger partial charge in [0.15, 0.2) is 0 Å². The van der Waals surface area contributed by atoms with Crippen LogP contribution in [0.2, 0.25) is 0 Å². The molecule has 118 valence electrons. The van der Waals surface area contributed by atoms with Crippen LogP contribution < -0.4 is 16.0 Å². The first kappa shape index (κ1) is 17.2. The van der Waals surface area contributed by atoms with E-state index in [-0.39, 0.29) is 30.4 Å². The summed E-state index contributed by atoms with van der Waals surface area (Å²) in [5, 5.41) is 12.8. The Bertz CT molecular complexity index is 472. The molecular weight excluding hydrogens is 270 g/mol. The lowest BCUT2D eigenvalue weighted by Crippen LogP contribution is -2.43. The van der Waals surface area contributed by atoms with Crippen LogP contribution in [0, 0.1) is 6.92 Å². The number of aryl methyl sites for hydroxylation is 1. The molecule has 7 heteroatoms.